The molecule has 28 heavy (non-hydrogen) atoms. The third kappa shape index (κ3) is 4.58. The second kappa shape index (κ2) is 8.53. The number of nitrogens with one attached hydrogen (secondary N) is 2. The molecule has 1 aliphatic heterocycles. The predicted octanol–water partition coefficient (Wildman–Crippen LogP) is 4.01. The average Bonchev–Trinajstić information content (AvgIpc) is 3.19. The first-order valence-electron chi connectivity index (χ1n) is 8.87. The monoisotopic (exact) mass is 410 g/mol. The molecule has 1 aliphatic rings. The highest BCUT2D eigenvalue weighted by atomic mass is 32.2. The summed E-state index contributed by atoms with van der Waals surface area (Å²) in [5.41, 5.74) is 3.65. The molecule has 0 saturated heterocycles. The van der Waals surface area contributed by atoms with E-state index in [1.807, 2.05) is 36.4 Å². The fourth-order valence-corrected chi connectivity index (χ4v) is 4.52. The van der Waals surface area contributed by atoms with E-state index in [1.54, 1.807) is 12.1 Å². The van der Waals surface area contributed by atoms with Gasteiger partial charge in [0.1, 0.15) is 0 Å². The maximum Gasteiger partial charge on any atom is 0.224 e. The molecule has 0 atom stereocenters. The Morgan fingerprint density at radius 2 is 2.00 bits per heavy atom. The summed E-state index contributed by atoms with van der Waals surface area (Å²) in [6.07, 6.45) is 1.13. The highest BCUT2D eigenvalue weighted by molar-refractivity contribution is 8.01. The van der Waals surface area contributed by atoms with Crippen LogP contribution >= 0.6 is 23.1 Å². The summed E-state index contributed by atoms with van der Waals surface area (Å²) in [5, 5.41) is 15.1. The fourth-order valence-electron chi connectivity index (χ4n) is 2.88. The van der Waals surface area contributed by atoms with Crippen LogP contribution in [0, 0.1) is 0 Å². The molecule has 0 radical (unpaired) electrons. The van der Waals surface area contributed by atoms with Crippen molar-refractivity contribution in [1.82, 2.24) is 10.2 Å². The van der Waals surface area contributed by atoms with Crippen molar-refractivity contribution in [1.29, 1.82) is 0 Å². The Hall–Kier alpha value is -2.71. The number of aryl methyl sites for hydroxylation is 1. The molecule has 0 spiro atoms. The molecule has 1 amide bonds. The Kier molecular flexibility index (Phi) is 5.68. The van der Waals surface area contributed by atoms with Gasteiger partial charge in [-0.1, -0.05) is 53.4 Å². The number of ketones is 1. The van der Waals surface area contributed by atoms with Crippen LogP contribution in [0.25, 0.3) is 0 Å². The number of thioether (sulfide) groups is 1. The molecule has 142 valence electrons. The summed E-state index contributed by atoms with van der Waals surface area (Å²) in [6.45, 7) is 0.685. The molecule has 2 heterocycles. The van der Waals surface area contributed by atoms with Gasteiger partial charge in [0.25, 0.3) is 0 Å². The standard InChI is InChI=1S/C20H18N4O2S2/c25-17(15-6-8-16-14(10-15)7-9-18(26)22-16)12-27-20-24-23-19(28-20)21-11-13-4-2-1-3-5-13/h1-6,8,10H,7,9,11-12H2,(H,21,23)(H,22,26). The minimum Gasteiger partial charge on any atom is -0.356 e. The van der Waals surface area contributed by atoms with E-state index in [2.05, 4.69) is 20.8 Å². The quantitative estimate of drug-likeness (QED) is 0.452. The Morgan fingerprint density at radius 1 is 1.14 bits per heavy atom. The van der Waals surface area contributed by atoms with Crippen LogP contribution in [0.2, 0.25) is 0 Å². The van der Waals surface area contributed by atoms with Crippen LogP contribution in [-0.2, 0) is 17.8 Å². The van der Waals surface area contributed by atoms with E-state index in [0.717, 1.165) is 20.7 Å². The Bertz CT molecular complexity index is 1000. The molecule has 2 aromatic carbocycles. The molecule has 1 aromatic heterocycles. The maximum atomic E-state index is 12.5. The van der Waals surface area contributed by atoms with E-state index in [0.29, 0.717) is 30.7 Å². The third-order valence-electron chi connectivity index (χ3n) is 4.34. The summed E-state index contributed by atoms with van der Waals surface area (Å²) < 4.78 is 0.758. The van der Waals surface area contributed by atoms with E-state index in [4.69, 9.17) is 0 Å². The molecule has 4 rings (SSSR count). The van der Waals surface area contributed by atoms with Gasteiger partial charge in [0.2, 0.25) is 11.0 Å². The molecular weight excluding hydrogens is 392 g/mol. The number of Topliss-reactive ketones (excluding diaryl/α,β-unsaturated/α-hetero) is 1. The number of carbonyl (C=O) groups is 2. The van der Waals surface area contributed by atoms with E-state index in [9.17, 15) is 9.59 Å². The van der Waals surface area contributed by atoms with Gasteiger partial charge in [-0.25, -0.2) is 0 Å². The Balaban J connectivity index is 1.31. The van der Waals surface area contributed by atoms with Crippen molar-refractivity contribution >= 4 is 45.6 Å². The van der Waals surface area contributed by atoms with Gasteiger partial charge < -0.3 is 10.6 Å². The van der Waals surface area contributed by atoms with Crippen LogP contribution in [0.3, 0.4) is 0 Å². The molecule has 6 nitrogen and oxygen atoms in total. The molecule has 0 saturated carbocycles. The van der Waals surface area contributed by atoms with E-state index in [1.165, 1.54) is 28.7 Å². The first-order chi connectivity index (χ1) is 13.7. The summed E-state index contributed by atoms with van der Waals surface area (Å²) in [6, 6.07) is 15.5. The van der Waals surface area contributed by atoms with Crippen LogP contribution in [0.15, 0.2) is 52.9 Å². The molecule has 2 N–H and O–H groups in total. The van der Waals surface area contributed by atoms with Crippen molar-refractivity contribution in [3.63, 3.8) is 0 Å². The SMILES string of the molecule is O=C1CCc2cc(C(=O)CSc3nnc(NCc4ccccc4)s3)ccc2N1. The molecule has 8 heteroatoms. The summed E-state index contributed by atoms with van der Waals surface area (Å²) in [4.78, 5) is 24.0. The minimum atomic E-state index is 0.0232. The smallest absolute Gasteiger partial charge is 0.224 e. The zero-order valence-corrected chi connectivity index (χ0v) is 16.6. The first kappa shape index (κ1) is 18.6. The number of aromatic nitrogens is 2. The van der Waals surface area contributed by atoms with Crippen molar-refractivity contribution in [2.24, 2.45) is 0 Å². The van der Waals surface area contributed by atoms with Gasteiger partial charge in [0.15, 0.2) is 10.1 Å². The molecule has 0 fully saturated rings. The van der Waals surface area contributed by atoms with Gasteiger partial charge in [-0.2, -0.15) is 0 Å². The number of fused-ring (bicyclic) bond motifs is 1. The van der Waals surface area contributed by atoms with Gasteiger partial charge in [0.05, 0.1) is 5.75 Å². The average molecular weight is 411 g/mol. The van der Waals surface area contributed by atoms with Crippen molar-refractivity contribution in [3.8, 4) is 0 Å². The Morgan fingerprint density at radius 3 is 2.86 bits per heavy atom. The third-order valence-corrected chi connectivity index (χ3v) is 6.36. The van der Waals surface area contributed by atoms with E-state index < -0.39 is 0 Å². The number of amides is 1. The lowest BCUT2D eigenvalue weighted by molar-refractivity contribution is -0.116. The van der Waals surface area contributed by atoms with Crippen molar-refractivity contribution in [3.05, 3.63) is 65.2 Å². The number of hydrogen-bond acceptors (Lipinski definition) is 7. The first-order valence-corrected chi connectivity index (χ1v) is 10.7. The topological polar surface area (TPSA) is 84.0 Å². The number of anilines is 2. The van der Waals surface area contributed by atoms with Crippen LogP contribution in [0.5, 0.6) is 0 Å². The molecule has 0 aliphatic carbocycles. The number of rotatable bonds is 7. The van der Waals surface area contributed by atoms with Crippen molar-refractivity contribution in [2.75, 3.05) is 16.4 Å². The minimum absolute atomic E-state index is 0.0232. The maximum absolute atomic E-state index is 12.5. The predicted molar refractivity (Wildman–Crippen MR) is 112 cm³/mol. The second-order valence-corrected chi connectivity index (χ2v) is 8.54. The normalized spacial score (nSPS) is 12.9. The fraction of sp³-hybridized carbons (Fsp3) is 0.200. The van der Waals surface area contributed by atoms with Gasteiger partial charge in [0, 0.05) is 24.2 Å². The van der Waals surface area contributed by atoms with Crippen molar-refractivity contribution in [2.45, 2.75) is 23.7 Å². The number of hydrogen-bond donors (Lipinski definition) is 2. The largest absolute Gasteiger partial charge is 0.356 e. The van der Waals surface area contributed by atoms with Gasteiger partial charge in [-0.15, -0.1) is 10.2 Å². The van der Waals surface area contributed by atoms with Crippen molar-refractivity contribution < 1.29 is 9.59 Å². The highest BCUT2D eigenvalue weighted by Gasteiger charge is 2.17. The molecular formula is C20H18N4O2S2. The Labute approximate surface area is 170 Å². The van der Waals surface area contributed by atoms with Crippen LogP contribution < -0.4 is 10.6 Å². The number of benzene rings is 2. The zero-order chi connectivity index (χ0) is 19.3. The lowest BCUT2D eigenvalue weighted by atomic mass is 9.99. The summed E-state index contributed by atoms with van der Waals surface area (Å²) in [5.74, 6) is 0.368. The highest BCUT2D eigenvalue weighted by Crippen LogP contribution is 2.28. The number of carbonyl (C=O) groups excluding carboxylic acids is 2. The van der Waals surface area contributed by atoms with Gasteiger partial charge in [-0.05, 0) is 35.7 Å². The molecule has 3 aromatic rings. The van der Waals surface area contributed by atoms with E-state index in [-0.39, 0.29) is 11.7 Å². The second-order valence-electron chi connectivity index (χ2n) is 6.34. The summed E-state index contributed by atoms with van der Waals surface area (Å²) >= 11 is 2.83. The van der Waals surface area contributed by atoms with Crippen LogP contribution in [0.1, 0.15) is 27.9 Å². The van der Waals surface area contributed by atoms with Crippen LogP contribution in [-0.4, -0.2) is 27.6 Å². The number of nitrogens with zero attached hydrogens (tertiary/aromatic N) is 2. The molecule has 0 unspecified atom stereocenters. The lowest BCUT2D eigenvalue weighted by Crippen LogP contribution is -2.19. The lowest BCUT2D eigenvalue weighted by Gasteiger charge is -2.17. The van der Waals surface area contributed by atoms with Gasteiger partial charge in [-0.3, -0.25) is 9.59 Å². The van der Waals surface area contributed by atoms with Crippen LogP contribution in [0.4, 0.5) is 10.8 Å². The zero-order valence-electron chi connectivity index (χ0n) is 15.0. The van der Waals surface area contributed by atoms with Gasteiger partial charge >= 0.3 is 0 Å². The summed E-state index contributed by atoms with van der Waals surface area (Å²) in [7, 11) is 0. The van der Waals surface area contributed by atoms with E-state index >= 15 is 0 Å². The molecule has 0 bridgehead atoms.